The third-order valence-corrected chi connectivity index (χ3v) is 9.43. The molecule has 1 aromatic heterocycles. The van der Waals surface area contributed by atoms with E-state index >= 15 is 0 Å². The van der Waals surface area contributed by atoms with Gasteiger partial charge in [0.1, 0.15) is 36.6 Å². The summed E-state index contributed by atoms with van der Waals surface area (Å²) >= 11 is 0. The Morgan fingerprint density at radius 1 is 0.880 bits per heavy atom. The molecule has 0 spiro atoms. The molecule has 10 atom stereocenters. The van der Waals surface area contributed by atoms with Crippen LogP contribution in [0.3, 0.4) is 0 Å². The van der Waals surface area contributed by atoms with Gasteiger partial charge in [0.05, 0.1) is 24.9 Å². The standard InChI is InChI=1S/C34H52N6O10/c1-7-20(8-2)28-24(36-18(6)42)29(25(43)23(16-41)48-28)49-34-27(45)26(44)30(47-22(9-3)10-4)31(50-34)33(46)35-15-19-11-13-21(14-12-19)32-39-37-17(5)38-40-32/h11-14,20,22-31,34,41,43-45H,7-10,15-16H2,1-6H3,(H,35,46)(H,36,42). The molecule has 16 heteroatoms. The lowest BCUT2D eigenvalue weighted by molar-refractivity contribution is -0.332. The summed E-state index contributed by atoms with van der Waals surface area (Å²) in [7, 11) is 0. The zero-order valence-electron chi connectivity index (χ0n) is 29.5. The van der Waals surface area contributed by atoms with Crippen LogP contribution in [0.1, 0.15) is 71.7 Å². The minimum absolute atomic E-state index is 0.0783. The lowest BCUT2D eigenvalue weighted by Gasteiger charge is -2.49. The number of hydrogen-bond donors (Lipinski definition) is 6. The molecule has 4 rings (SSSR count). The lowest BCUT2D eigenvalue weighted by Crippen LogP contribution is -2.69. The molecule has 0 aliphatic carbocycles. The first kappa shape index (κ1) is 39.6. The summed E-state index contributed by atoms with van der Waals surface area (Å²) in [5.41, 5.74) is 1.43. The van der Waals surface area contributed by atoms with E-state index in [2.05, 4.69) is 31.0 Å². The van der Waals surface area contributed by atoms with E-state index in [0.29, 0.717) is 42.9 Å². The fraction of sp³-hybridized carbons (Fsp3) is 0.706. The van der Waals surface area contributed by atoms with Gasteiger partial charge in [0.15, 0.2) is 18.2 Å². The van der Waals surface area contributed by atoms with E-state index in [1.807, 2.05) is 27.7 Å². The van der Waals surface area contributed by atoms with Crippen molar-refractivity contribution in [3.63, 3.8) is 0 Å². The van der Waals surface area contributed by atoms with Crippen molar-refractivity contribution in [2.45, 2.75) is 141 Å². The van der Waals surface area contributed by atoms with Crippen molar-refractivity contribution in [1.82, 2.24) is 31.0 Å². The molecule has 0 radical (unpaired) electrons. The molecule has 2 saturated heterocycles. The predicted molar refractivity (Wildman–Crippen MR) is 178 cm³/mol. The van der Waals surface area contributed by atoms with E-state index in [9.17, 15) is 30.0 Å². The van der Waals surface area contributed by atoms with Crippen molar-refractivity contribution >= 4 is 11.8 Å². The van der Waals surface area contributed by atoms with Gasteiger partial charge >= 0.3 is 0 Å². The maximum atomic E-state index is 13.8. The van der Waals surface area contributed by atoms with Crippen LogP contribution in [0.5, 0.6) is 0 Å². The molecule has 50 heavy (non-hydrogen) atoms. The monoisotopic (exact) mass is 704 g/mol. The molecule has 2 aliphatic rings. The van der Waals surface area contributed by atoms with Crippen molar-refractivity contribution < 1.29 is 49.0 Å². The summed E-state index contributed by atoms with van der Waals surface area (Å²) in [6, 6.07) is 6.20. The predicted octanol–water partition coefficient (Wildman–Crippen LogP) is 0.325. The summed E-state index contributed by atoms with van der Waals surface area (Å²) in [6.07, 6.45) is -9.91. The maximum Gasteiger partial charge on any atom is 0.252 e. The Hall–Kier alpha value is -3.22. The number of aliphatic hydroxyl groups is 4. The molecule has 0 bridgehead atoms. The van der Waals surface area contributed by atoms with Gasteiger partial charge in [0, 0.05) is 19.0 Å². The number of aryl methyl sites for hydroxylation is 1. The zero-order chi connectivity index (χ0) is 36.5. The second-order valence-electron chi connectivity index (χ2n) is 12.8. The summed E-state index contributed by atoms with van der Waals surface area (Å²) in [5.74, 6) is -0.314. The van der Waals surface area contributed by atoms with E-state index in [1.165, 1.54) is 6.92 Å². The average molecular weight is 705 g/mol. The molecule has 16 nitrogen and oxygen atoms in total. The number of rotatable bonds is 15. The van der Waals surface area contributed by atoms with Crippen LogP contribution in [0, 0.1) is 12.8 Å². The number of nitrogens with zero attached hydrogens (tertiary/aromatic N) is 4. The zero-order valence-corrected chi connectivity index (χ0v) is 29.5. The smallest absolute Gasteiger partial charge is 0.252 e. The van der Waals surface area contributed by atoms with Gasteiger partial charge in [-0.3, -0.25) is 9.59 Å². The van der Waals surface area contributed by atoms with Gasteiger partial charge in [-0.05, 0) is 31.2 Å². The van der Waals surface area contributed by atoms with Crippen LogP contribution in [-0.4, -0.2) is 127 Å². The number of carbonyl (C=O) groups is 2. The Kier molecular flexibility index (Phi) is 14.5. The molecule has 1 aromatic carbocycles. The summed E-state index contributed by atoms with van der Waals surface area (Å²) in [4.78, 5) is 26.1. The van der Waals surface area contributed by atoms with Crippen LogP contribution in [0.2, 0.25) is 0 Å². The van der Waals surface area contributed by atoms with Gasteiger partial charge in [-0.1, -0.05) is 64.8 Å². The minimum atomic E-state index is -1.70. The number of nitrogens with one attached hydrogen (secondary N) is 2. The van der Waals surface area contributed by atoms with Gasteiger partial charge in [0.25, 0.3) is 5.91 Å². The quantitative estimate of drug-likeness (QED) is 0.147. The van der Waals surface area contributed by atoms with E-state index in [-0.39, 0.29) is 18.6 Å². The van der Waals surface area contributed by atoms with Crippen LogP contribution < -0.4 is 10.6 Å². The summed E-state index contributed by atoms with van der Waals surface area (Å²) in [5, 5.41) is 65.6. The van der Waals surface area contributed by atoms with Crippen molar-refractivity contribution in [3.8, 4) is 11.4 Å². The maximum absolute atomic E-state index is 13.8. The molecule has 3 heterocycles. The molecule has 2 fully saturated rings. The van der Waals surface area contributed by atoms with Gasteiger partial charge in [-0.2, -0.15) is 0 Å². The Bertz CT molecular complexity index is 1360. The fourth-order valence-electron chi connectivity index (χ4n) is 6.48. The van der Waals surface area contributed by atoms with Crippen LogP contribution in [0.4, 0.5) is 0 Å². The van der Waals surface area contributed by atoms with Crippen molar-refractivity contribution in [2.24, 2.45) is 5.92 Å². The van der Waals surface area contributed by atoms with E-state index < -0.39 is 79.6 Å². The number of aromatic nitrogens is 4. The summed E-state index contributed by atoms with van der Waals surface area (Å²) in [6.45, 7) is 10.3. The summed E-state index contributed by atoms with van der Waals surface area (Å²) < 4.78 is 24.5. The minimum Gasteiger partial charge on any atom is -0.394 e. The van der Waals surface area contributed by atoms with E-state index in [0.717, 1.165) is 5.56 Å². The van der Waals surface area contributed by atoms with Gasteiger partial charge in [0.2, 0.25) is 11.7 Å². The third kappa shape index (κ3) is 9.36. The van der Waals surface area contributed by atoms with Crippen LogP contribution in [0.15, 0.2) is 24.3 Å². The number of hydrogen-bond acceptors (Lipinski definition) is 14. The second kappa shape index (κ2) is 18.3. The Labute approximate surface area is 292 Å². The highest BCUT2D eigenvalue weighted by Crippen LogP contribution is 2.34. The Morgan fingerprint density at radius 3 is 2.08 bits per heavy atom. The highest BCUT2D eigenvalue weighted by Gasteiger charge is 2.54. The van der Waals surface area contributed by atoms with Crippen LogP contribution in [-0.2, 0) is 35.1 Å². The number of benzene rings is 1. The van der Waals surface area contributed by atoms with Crippen LogP contribution >= 0.6 is 0 Å². The van der Waals surface area contributed by atoms with Crippen molar-refractivity contribution in [1.29, 1.82) is 0 Å². The second-order valence-corrected chi connectivity index (χ2v) is 12.8. The molecule has 278 valence electrons. The van der Waals surface area contributed by atoms with Gasteiger partial charge in [-0.15, -0.1) is 20.4 Å². The van der Waals surface area contributed by atoms with E-state index in [1.54, 1.807) is 31.2 Å². The molecule has 2 amide bonds. The first-order chi connectivity index (χ1) is 23.9. The first-order valence-corrected chi connectivity index (χ1v) is 17.4. The van der Waals surface area contributed by atoms with Crippen LogP contribution in [0.25, 0.3) is 11.4 Å². The third-order valence-electron chi connectivity index (χ3n) is 9.43. The van der Waals surface area contributed by atoms with Gasteiger partial charge < -0.3 is 50.0 Å². The van der Waals surface area contributed by atoms with E-state index in [4.69, 9.17) is 18.9 Å². The lowest BCUT2D eigenvalue weighted by atomic mass is 9.83. The van der Waals surface area contributed by atoms with Crippen molar-refractivity contribution in [3.05, 3.63) is 35.7 Å². The fourth-order valence-corrected chi connectivity index (χ4v) is 6.48. The van der Waals surface area contributed by atoms with Crippen molar-refractivity contribution in [2.75, 3.05) is 6.61 Å². The highest BCUT2D eigenvalue weighted by molar-refractivity contribution is 5.81. The topological polar surface area (TPSA) is 228 Å². The van der Waals surface area contributed by atoms with Gasteiger partial charge in [-0.25, -0.2) is 0 Å². The average Bonchev–Trinajstić information content (AvgIpc) is 3.11. The SMILES string of the molecule is CCC(CC)OC1C(C(=O)NCc2ccc(-c3nnc(C)nn3)cc2)OC(OC2C(O)C(CO)OC(C(CC)CC)C2NC(C)=O)C(O)C1O. The highest BCUT2D eigenvalue weighted by atomic mass is 16.7. The molecule has 2 aromatic rings. The normalized spacial score (nSPS) is 30.0. The molecule has 0 saturated carbocycles. The molecule has 2 aliphatic heterocycles. The number of amides is 2. The molecule has 10 unspecified atom stereocenters. The largest absolute Gasteiger partial charge is 0.394 e. The molecular formula is C34H52N6O10. The first-order valence-electron chi connectivity index (χ1n) is 17.4. The Morgan fingerprint density at radius 2 is 1.52 bits per heavy atom. The number of aliphatic hydroxyl groups excluding tert-OH is 4. The number of carbonyl (C=O) groups excluding carboxylic acids is 2. The number of ether oxygens (including phenoxy) is 4. The molecule has 6 N–H and O–H groups in total. The molecular weight excluding hydrogens is 652 g/mol. The Balaban J connectivity index is 1.57.